The molecule has 7 nitrogen and oxygen atoms in total. The van der Waals surface area contributed by atoms with Gasteiger partial charge in [-0.05, 0) is 188 Å². The maximum absolute atomic E-state index is 12.6. The first kappa shape index (κ1) is 68.4. The molecule has 2 aliphatic rings. The largest absolute Gasteiger partial charge is 0.478 e. The van der Waals surface area contributed by atoms with E-state index in [1.54, 1.807) is 6.07 Å². The van der Waals surface area contributed by atoms with Crippen LogP contribution in [0.3, 0.4) is 0 Å². The fourth-order valence-corrected chi connectivity index (χ4v) is 13.4. The second-order valence-electron chi connectivity index (χ2n) is 31.0. The molecule has 0 fully saturated rings. The van der Waals surface area contributed by atoms with Crippen molar-refractivity contribution in [1.29, 1.82) is 0 Å². The third-order valence-corrected chi connectivity index (χ3v) is 19.4. The number of anilines is 3. The second kappa shape index (κ2) is 28.8. The van der Waals surface area contributed by atoms with Gasteiger partial charge in [-0.25, -0.2) is 14.8 Å². The lowest BCUT2D eigenvalue weighted by Gasteiger charge is -2.27. The summed E-state index contributed by atoms with van der Waals surface area (Å²) in [5.41, 5.74) is 22.4. The van der Waals surface area contributed by atoms with Crippen molar-refractivity contribution in [2.24, 2.45) is 0 Å². The topological polar surface area (TPSA) is 97.9 Å². The monoisotopic (exact) mass is 1270 g/mol. The van der Waals surface area contributed by atoms with E-state index in [9.17, 15) is 9.90 Å². The summed E-state index contributed by atoms with van der Waals surface area (Å²) in [5.74, 6) is 6.25. The molecule has 0 unspecified atom stereocenters. The number of aryl methyl sites for hydroxylation is 2. The van der Waals surface area contributed by atoms with Crippen molar-refractivity contribution in [3.63, 3.8) is 0 Å². The van der Waals surface area contributed by atoms with Gasteiger partial charge in [-0.1, -0.05) is 258 Å². The molecule has 7 heteroatoms. The van der Waals surface area contributed by atoms with Crippen LogP contribution in [0.2, 0.25) is 0 Å². The van der Waals surface area contributed by atoms with Gasteiger partial charge in [0.2, 0.25) is 0 Å². The summed E-state index contributed by atoms with van der Waals surface area (Å²) < 4.78 is 0. The number of aromatic carboxylic acids is 1. The van der Waals surface area contributed by atoms with E-state index in [0.29, 0.717) is 16.6 Å². The van der Waals surface area contributed by atoms with Crippen LogP contribution in [0.5, 0.6) is 0 Å². The molecule has 6 aromatic carbocycles. The maximum Gasteiger partial charge on any atom is 0.336 e. The van der Waals surface area contributed by atoms with Crippen molar-refractivity contribution < 1.29 is 9.90 Å². The number of unbranched alkanes of at least 4 members (excludes halogenated alkanes) is 10. The number of hydrogen-bond acceptors (Lipinski definition) is 4. The van der Waals surface area contributed by atoms with Gasteiger partial charge in [-0.2, -0.15) is 0 Å². The molecule has 0 spiro atoms. The SMILES string of the molecule is CCCCCCCCc1ccc(N(c2ccc(CCCCCCCC)cc2)c2c3nc(c(-c4cc(C(C)(C)C)cc(C(C)(C)C)c4)c4ccc([nH]4)c(C#Cc4ccc(C(=O)O)c5ccccc45)c4nc(c(-c5cc(C(C)(C)C)cc(C(C)(C)C)c5)c5ccc2[nH]5)C=C4)C=C3)cc1. The summed E-state index contributed by atoms with van der Waals surface area (Å²) in [6.07, 6.45) is 25.9. The molecule has 2 aliphatic heterocycles. The van der Waals surface area contributed by atoms with Crippen LogP contribution in [-0.4, -0.2) is 31.0 Å². The number of fused-ring (bicyclic) bond motifs is 9. The number of carboxylic acids is 1. The second-order valence-corrected chi connectivity index (χ2v) is 31.0. The third kappa shape index (κ3) is 15.6. The molecule has 0 atom stereocenters. The Morgan fingerprint density at radius 3 is 1.30 bits per heavy atom. The van der Waals surface area contributed by atoms with E-state index in [0.717, 1.165) is 102 Å². The average Bonchev–Trinajstić information content (AvgIpc) is 1.49. The summed E-state index contributed by atoms with van der Waals surface area (Å²) in [4.78, 5) is 34.8. The maximum atomic E-state index is 12.6. The van der Waals surface area contributed by atoms with Gasteiger partial charge >= 0.3 is 5.97 Å². The van der Waals surface area contributed by atoms with Crippen LogP contribution < -0.4 is 4.90 Å². The average molecular weight is 1270 g/mol. The first-order chi connectivity index (χ1) is 45.9. The van der Waals surface area contributed by atoms with Gasteiger partial charge in [-0.15, -0.1) is 0 Å². The Bertz CT molecular complexity index is 4420. The normalized spacial score (nSPS) is 12.6. The molecule has 3 aromatic heterocycles. The zero-order valence-corrected chi connectivity index (χ0v) is 59.8. The van der Waals surface area contributed by atoms with Crippen molar-refractivity contribution in [3.05, 3.63) is 218 Å². The fraction of sp³-hybridized carbons (Fsp3) is 0.360. The van der Waals surface area contributed by atoms with Crippen molar-refractivity contribution in [3.8, 4) is 34.1 Å². The number of nitrogens with one attached hydrogen (secondary N) is 2. The molecule has 8 bridgehead atoms. The molecule has 0 aliphatic carbocycles. The zero-order chi connectivity index (χ0) is 68.1. The molecule has 0 saturated carbocycles. The van der Waals surface area contributed by atoms with Gasteiger partial charge in [0.05, 0.1) is 50.6 Å². The van der Waals surface area contributed by atoms with E-state index in [4.69, 9.17) is 9.97 Å². The standard InChI is InChI=1S/C89H101N5O2/c1-15-17-19-21-23-25-29-59-33-39-68(40-34-59)94(69-41-35-60(36-42-69)30-26-24-22-20-18-16-2)84-80-51-49-78(92-80)82(62-53-64(86(3,4)5)57-65(54-62)87(6,7)8)76-47-45-74(90-76)73(44-38-61-37-43-72(85(95)96)71-32-28-27-31-70(61)71)75-46-48-77(91-75)83(79-50-52-81(84)93-79)63-55-66(88(9,10)11)58-67(56-63)89(12,13)14/h27-28,31-37,39-43,45-58,90,93H,15-26,29-30H2,1-14H3,(H,95,96). The molecular weight excluding hydrogens is 1170 g/mol. The Morgan fingerprint density at radius 2 is 0.833 bits per heavy atom. The van der Waals surface area contributed by atoms with Gasteiger partial charge in [0.15, 0.2) is 0 Å². The van der Waals surface area contributed by atoms with E-state index < -0.39 is 5.97 Å². The van der Waals surface area contributed by atoms with Gasteiger partial charge in [-0.3, -0.25) is 0 Å². The van der Waals surface area contributed by atoms with Crippen LogP contribution in [0.15, 0.2) is 146 Å². The Balaban J connectivity index is 1.25. The highest BCUT2D eigenvalue weighted by Crippen LogP contribution is 2.45. The van der Waals surface area contributed by atoms with Crippen LogP contribution in [0.25, 0.3) is 79.4 Å². The number of nitrogens with zero attached hydrogens (tertiary/aromatic N) is 3. The molecule has 0 radical (unpaired) electrons. The van der Waals surface area contributed by atoms with Gasteiger partial charge in [0.25, 0.3) is 0 Å². The highest BCUT2D eigenvalue weighted by atomic mass is 16.4. The van der Waals surface area contributed by atoms with Gasteiger partial charge in [0, 0.05) is 39.1 Å². The summed E-state index contributed by atoms with van der Waals surface area (Å²) in [6.45, 7) is 32.1. The number of H-pyrrole nitrogens is 2. The van der Waals surface area contributed by atoms with Gasteiger partial charge < -0.3 is 20.0 Å². The molecule has 0 amide bonds. The van der Waals surface area contributed by atoms with E-state index in [2.05, 4.69) is 257 Å². The Labute approximate surface area is 572 Å². The number of hydrogen-bond donors (Lipinski definition) is 3. The first-order valence-electron chi connectivity index (χ1n) is 35.6. The Kier molecular flexibility index (Phi) is 20.5. The predicted octanol–water partition coefficient (Wildman–Crippen LogP) is 24.7. The molecule has 3 N–H and O–H groups in total. The van der Waals surface area contributed by atoms with Crippen molar-refractivity contribution in [1.82, 2.24) is 19.9 Å². The Hall–Kier alpha value is -8.99. The minimum atomic E-state index is -0.978. The van der Waals surface area contributed by atoms with Crippen LogP contribution >= 0.6 is 0 Å². The van der Waals surface area contributed by atoms with Crippen LogP contribution in [0.1, 0.15) is 252 Å². The van der Waals surface area contributed by atoms with Crippen LogP contribution in [0.4, 0.5) is 17.1 Å². The Morgan fingerprint density at radius 1 is 0.427 bits per heavy atom. The molecule has 96 heavy (non-hydrogen) atoms. The third-order valence-electron chi connectivity index (χ3n) is 19.4. The minimum Gasteiger partial charge on any atom is -0.478 e. The van der Waals surface area contributed by atoms with Gasteiger partial charge in [0.1, 0.15) is 0 Å². The molecule has 9 aromatic rings. The number of benzene rings is 6. The molecule has 0 saturated heterocycles. The first-order valence-corrected chi connectivity index (χ1v) is 35.6. The minimum absolute atomic E-state index is 0.162. The predicted molar refractivity (Wildman–Crippen MR) is 410 cm³/mol. The zero-order valence-electron chi connectivity index (χ0n) is 59.8. The van der Waals surface area contributed by atoms with Crippen molar-refractivity contribution in [2.75, 3.05) is 4.90 Å². The number of rotatable bonds is 20. The van der Waals surface area contributed by atoms with E-state index in [1.807, 2.05) is 30.3 Å². The van der Waals surface area contributed by atoms with E-state index >= 15 is 0 Å². The summed E-state index contributed by atoms with van der Waals surface area (Å²) in [5, 5.41) is 11.7. The van der Waals surface area contributed by atoms with E-state index in [-0.39, 0.29) is 27.2 Å². The lowest BCUT2D eigenvalue weighted by Crippen LogP contribution is -2.16. The summed E-state index contributed by atoms with van der Waals surface area (Å²) in [7, 11) is 0. The number of aromatic nitrogens is 4. The van der Waals surface area contributed by atoms with Crippen molar-refractivity contribution >= 4 is 80.2 Å². The fourth-order valence-electron chi connectivity index (χ4n) is 13.4. The van der Waals surface area contributed by atoms with E-state index in [1.165, 1.54) is 110 Å². The lowest BCUT2D eigenvalue weighted by atomic mass is 9.78. The molecule has 5 heterocycles. The number of carboxylic acid groups (broad SMARTS) is 1. The lowest BCUT2D eigenvalue weighted by molar-refractivity contribution is 0.0699. The molecule has 494 valence electrons. The smallest absolute Gasteiger partial charge is 0.336 e. The highest BCUT2D eigenvalue weighted by Gasteiger charge is 2.28. The molecular formula is C89H101N5O2. The van der Waals surface area contributed by atoms with Crippen LogP contribution in [-0.2, 0) is 34.5 Å². The highest BCUT2D eigenvalue weighted by molar-refractivity contribution is 6.06. The summed E-state index contributed by atoms with van der Waals surface area (Å²) in [6, 6.07) is 52.8. The quantitative estimate of drug-likeness (QED) is 0.0522. The summed E-state index contributed by atoms with van der Waals surface area (Å²) >= 11 is 0. The van der Waals surface area contributed by atoms with Crippen LogP contribution in [0, 0.1) is 11.8 Å². The van der Waals surface area contributed by atoms with Crippen molar-refractivity contribution in [2.45, 2.75) is 208 Å². The number of carbonyl (C=O) groups is 1. The number of aromatic amines is 2. The molecule has 11 rings (SSSR count).